The van der Waals surface area contributed by atoms with Crippen LogP contribution in [-0.2, 0) is 16.1 Å². The van der Waals surface area contributed by atoms with Crippen LogP contribution in [0.1, 0.15) is 66.4 Å². The number of likely N-dealkylation sites (tertiary alicyclic amines) is 1. The molecular weight excluding hydrogens is 572 g/mol. The molecule has 0 aromatic heterocycles. The van der Waals surface area contributed by atoms with Crippen molar-refractivity contribution in [1.29, 1.82) is 0 Å². The largest absolute Gasteiger partial charge is 0.481 e. The van der Waals surface area contributed by atoms with Gasteiger partial charge in [-0.1, -0.05) is 64.4 Å². The molecule has 8 heteroatoms. The van der Waals surface area contributed by atoms with Gasteiger partial charge >= 0.3 is 5.97 Å². The van der Waals surface area contributed by atoms with Gasteiger partial charge in [-0.2, -0.15) is 0 Å². The van der Waals surface area contributed by atoms with Gasteiger partial charge in [-0.3, -0.25) is 14.5 Å². The molecule has 5 nitrogen and oxygen atoms in total. The van der Waals surface area contributed by atoms with Gasteiger partial charge in [0.05, 0.1) is 11.5 Å². The molecule has 4 fully saturated rings. The number of aliphatic hydroxyl groups excluding tert-OH is 1. The number of hydrogen-bond donors (Lipinski definition) is 2. The Morgan fingerprint density at radius 1 is 1.14 bits per heavy atom. The number of carbonyl (C=O) groups excluding carboxylic acids is 1. The third kappa shape index (κ3) is 4.98. The lowest BCUT2D eigenvalue weighted by atomic mass is 9.43. The molecule has 1 aliphatic heterocycles. The summed E-state index contributed by atoms with van der Waals surface area (Å²) in [6.45, 7) is 12.8. The molecule has 1 aromatic rings. The van der Waals surface area contributed by atoms with Gasteiger partial charge < -0.3 is 10.2 Å². The van der Waals surface area contributed by atoms with Gasteiger partial charge in [0.2, 0.25) is 0 Å². The first-order valence-corrected chi connectivity index (χ1v) is 15.7. The smallest absolute Gasteiger partial charge is 0.311 e. The van der Waals surface area contributed by atoms with E-state index in [1.165, 1.54) is 18.2 Å². The number of nitrogens with zero attached hydrogens (tertiary/aromatic N) is 1. The van der Waals surface area contributed by atoms with Crippen molar-refractivity contribution in [1.82, 2.24) is 4.90 Å². The Kier molecular flexibility index (Phi) is 10.4. The van der Waals surface area contributed by atoms with Crippen LogP contribution in [0.15, 0.2) is 48.1 Å². The van der Waals surface area contributed by atoms with Gasteiger partial charge in [0.1, 0.15) is 6.17 Å². The number of allylic oxidation sites excluding steroid dienone is 4. The standard InChI is InChI=1S/C29H32ClF2NO4.2C2H6.C2H2/c1-26-7-6-19(34)10-22(26)23(31)11-21-20-9-17-14-33(13-16-4-3-5-18(30)8-16)15-28(17,25(36)37)27(20,2)12-24(35)29(21,26)32;3*1-2/h3-8,10,17,20-21,23-24,35H,9,11-15H2,1-2H3,(H,36,37);2*1-2H3;1-2H/t17-,20?,21-,23-,24-,26-,27-,28+,29-;;;/m0.../s1. The van der Waals surface area contributed by atoms with Gasteiger partial charge in [-0.15, -0.1) is 12.8 Å². The minimum Gasteiger partial charge on any atom is -0.481 e. The second kappa shape index (κ2) is 12.8. The molecule has 2 N–H and O–H groups in total. The average Bonchev–Trinajstić information content (AvgIpc) is 3.47. The van der Waals surface area contributed by atoms with E-state index in [9.17, 15) is 19.8 Å². The van der Waals surface area contributed by atoms with Crippen LogP contribution in [0.3, 0.4) is 0 Å². The SMILES string of the molecule is C#C.CC.CC.C[C@]12C=CC(=O)C=C1[C@@H](F)C[C@H]1C3C[C@H]4CN(Cc5cccc(Cl)c5)C[C@@]4(C(=O)O)[C@@]3(C)C[C@H](O)[C@@]12F. The van der Waals surface area contributed by atoms with Gasteiger partial charge in [-0.05, 0) is 78.9 Å². The van der Waals surface area contributed by atoms with Crippen molar-refractivity contribution < 1.29 is 28.6 Å². The predicted octanol–water partition coefficient (Wildman–Crippen LogP) is 7.07. The van der Waals surface area contributed by atoms with E-state index in [0.717, 1.165) is 5.56 Å². The van der Waals surface area contributed by atoms with E-state index in [0.29, 0.717) is 24.5 Å². The van der Waals surface area contributed by atoms with Crippen molar-refractivity contribution in [3.63, 3.8) is 0 Å². The number of halogens is 3. The topological polar surface area (TPSA) is 77.8 Å². The zero-order chi connectivity index (χ0) is 32.5. The highest BCUT2D eigenvalue weighted by atomic mass is 35.5. The zero-order valence-corrected chi connectivity index (χ0v) is 26.9. The fourth-order valence-corrected chi connectivity index (χ4v) is 9.46. The van der Waals surface area contributed by atoms with E-state index >= 15 is 8.78 Å². The molecule has 1 unspecified atom stereocenters. The van der Waals surface area contributed by atoms with Crippen LogP contribution in [0.25, 0.3) is 0 Å². The summed E-state index contributed by atoms with van der Waals surface area (Å²) in [5.41, 5.74) is -4.68. The molecule has 9 atom stereocenters. The Bertz CT molecular complexity index is 1300. The van der Waals surface area contributed by atoms with Crippen LogP contribution in [0.4, 0.5) is 8.78 Å². The van der Waals surface area contributed by atoms with E-state index in [1.807, 2.05) is 52.8 Å². The Hall–Kier alpha value is -2.53. The van der Waals surface area contributed by atoms with Crippen molar-refractivity contribution in [3.05, 3.63) is 58.7 Å². The molecule has 4 aliphatic carbocycles. The molecule has 3 saturated carbocycles. The molecule has 1 saturated heterocycles. The summed E-state index contributed by atoms with van der Waals surface area (Å²) in [5.74, 6) is -2.83. The van der Waals surface area contributed by atoms with Gasteiger partial charge in [-0.25, -0.2) is 8.78 Å². The van der Waals surface area contributed by atoms with Crippen molar-refractivity contribution in [2.24, 2.45) is 34.0 Å². The molecule has 0 spiro atoms. The number of benzene rings is 1. The quantitative estimate of drug-likeness (QED) is 0.355. The number of alkyl halides is 2. The lowest BCUT2D eigenvalue weighted by molar-refractivity contribution is -0.215. The number of carboxylic acid groups (broad SMARTS) is 1. The molecule has 0 radical (unpaired) electrons. The number of terminal acetylenes is 1. The highest BCUT2D eigenvalue weighted by Crippen LogP contribution is 2.74. The Morgan fingerprint density at radius 3 is 2.40 bits per heavy atom. The van der Waals surface area contributed by atoms with Crippen molar-refractivity contribution in [2.45, 2.75) is 85.3 Å². The molecule has 5 aliphatic rings. The van der Waals surface area contributed by atoms with Gasteiger partial charge in [0, 0.05) is 36.0 Å². The van der Waals surface area contributed by atoms with Crippen LogP contribution in [0, 0.1) is 46.8 Å². The summed E-state index contributed by atoms with van der Waals surface area (Å²) in [6, 6.07) is 7.48. The van der Waals surface area contributed by atoms with E-state index in [1.54, 1.807) is 13.0 Å². The van der Waals surface area contributed by atoms with Gasteiger partial charge in [0.25, 0.3) is 0 Å². The first-order valence-electron chi connectivity index (χ1n) is 15.4. The van der Waals surface area contributed by atoms with Crippen LogP contribution >= 0.6 is 11.6 Å². The van der Waals surface area contributed by atoms with Crippen LogP contribution in [0.2, 0.25) is 5.02 Å². The summed E-state index contributed by atoms with van der Waals surface area (Å²) >= 11 is 6.16. The van der Waals surface area contributed by atoms with Crippen molar-refractivity contribution in [3.8, 4) is 12.8 Å². The minimum absolute atomic E-state index is 0.0277. The van der Waals surface area contributed by atoms with Crippen LogP contribution < -0.4 is 0 Å². The Morgan fingerprint density at radius 2 is 1.79 bits per heavy atom. The molecular formula is C35H46ClF2NO4. The lowest BCUT2D eigenvalue weighted by Gasteiger charge is -2.63. The van der Waals surface area contributed by atoms with Gasteiger partial charge in [0.15, 0.2) is 11.5 Å². The summed E-state index contributed by atoms with van der Waals surface area (Å²) in [5, 5.41) is 22.8. The number of aliphatic carboxylic acids is 1. The second-order valence-corrected chi connectivity index (χ2v) is 12.8. The monoisotopic (exact) mass is 617 g/mol. The summed E-state index contributed by atoms with van der Waals surface area (Å²) in [6.07, 6.45) is 9.12. The highest BCUT2D eigenvalue weighted by molar-refractivity contribution is 6.30. The summed E-state index contributed by atoms with van der Waals surface area (Å²) in [7, 11) is 0. The molecule has 43 heavy (non-hydrogen) atoms. The molecule has 236 valence electrons. The second-order valence-electron chi connectivity index (χ2n) is 12.4. The first-order chi connectivity index (χ1) is 20.4. The number of ketones is 1. The fraction of sp³-hybridized carbons (Fsp3) is 0.600. The lowest BCUT2D eigenvalue weighted by Crippen LogP contribution is -2.69. The number of fused-ring (bicyclic) bond motifs is 7. The van der Waals surface area contributed by atoms with Crippen LogP contribution in [-0.4, -0.2) is 57.9 Å². The third-order valence-corrected chi connectivity index (χ3v) is 11.1. The molecule has 1 aromatic carbocycles. The number of hydrogen-bond acceptors (Lipinski definition) is 4. The van der Waals surface area contributed by atoms with E-state index in [4.69, 9.17) is 11.6 Å². The summed E-state index contributed by atoms with van der Waals surface area (Å²) < 4.78 is 33.0. The zero-order valence-electron chi connectivity index (χ0n) is 26.1. The fourth-order valence-electron chi connectivity index (χ4n) is 9.24. The third-order valence-electron chi connectivity index (χ3n) is 10.9. The number of carboxylic acids is 1. The minimum atomic E-state index is -2.19. The summed E-state index contributed by atoms with van der Waals surface area (Å²) in [4.78, 5) is 27.2. The normalized spacial score (nSPS) is 40.4. The van der Waals surface area contributed by atoms with E-state index in [-0.39, 0.29) is 36.7 Å². The average molecular weight is 618 g/mol. The molecule has 1 heterocycles. The first kappa shape index (κ1) is 35.0. The van der Waals surface area contributed by atoms with Crippen LogP contribution in [0.5, 0.6) is 0 Å². The maximum atomic E-state index is 17.4. The predicted molar refractivity (Wildman–Crippen MR) is 167 cm³/mol. The maximum Gasteiger partial charge on any atom is 0.311 e. The van der Waals surface area contributed by atoms with Crippen molar-refractivity contribution >= 4 is 23.4 Å². The number of rotatable bonds is 3. The molecule has 0 amide bonds. The van der Waals surface area contributed by atoms with Crippen molar-refractivity contribution in [2.75, 3.05) is 13.1 Å². The maximum absolute atomic E-state index is 17.4. The Balaban J connectivity index is 0.000000796. The molecule has 0 bridgehead atoms. The number of carbonyl (C=O) groups is 2. The molecule has 6 rings (SSSR count). The van der Waals surface area contributed by atoms with E-state index in [2.05, 4.69) is 17.7 Å². The highest BCUT2D eigenvalue weighted by Gasteiger charge is 2.78. The van der Waals surface area contributed by atoms with E-state index < -0.39 is 52.0 Å². The Labute approximate surface area is 260 Å². The number of aliphatic hydroxyl groups is 1.